The first-order valence-corrected chi connectivity index (χ1v) is 6.17. The zero-order chi connectivity index (χ0) is 12.0. The van der Waals surface area contributed by atoms with Crippen LogP contribution in [0.3, 0.4) is 0 Å². The Morgan fingerprint density at radius 1 is 1.38 bits per heavy atom. The van der Waals surface area contributed by atoms with Crippen LogP contribution >= 0.6 is 23.2 Å². The van der Waals surface area contributed by atoms with E-state index in [-0.39, 0.29) is 0 Å². The lowest BCUT2D eigenvalue weighted by atomic mass is 10.2. The number of hydrogen-bond donors (Lipinski definition) is 1. The summed E-state index contributed by atoms with van der Waals surface area (Å²) in [6.07, 6.45) is 0. The molecule has 0 fully saturated rings. The van der Waals surface area contributed by atoms with Crippen LogP contribution in [-0.2, 0) is 0 Å². The largest absolute Gasteiger partial charge is 0.492 e. The standard InChI is InChI=1S/C12H17Cl2NO/c1-3-15-7-9(2)8-16-12-6-10(13)4-5-11(12)14/h4-6,9,15H,3,7-8H2,1-2H3. The number of halogens is 2. The molecule has 1 N–H and O–H groups in total. The monoisotopic (exact) mass is 261 g/mol. The third-order valence-corrected chi connectivity index (χ3v) is 2.71. The van der Waals surface area contributed by atoms with Gasteiger partial charge in [0, 0.05) is 23.6 Å². The molecule has 0 radical (unpaired) electrons. The van der Waals surface area contributed by atoms with Crippen molar-refractivity contribution in [3.63, 3.8) is 0 Å². The van der Waals surface area contributed by atoms with Crippen molar-refractivity contribution in [2.45, 2.75) is 13.8 Å². The number of hydrogen-bond acceptors (Lipinski definition) is 2. The maximum absolute atomic E-state index is 5.98. The summed E-state index contributed by atoms with van der Waals surface area (Å²) >= 11 is 11.8. The van der Waals surface area contributed by atoms with Gasteiger partial charge in [0.25, 0.3) is 0 Å². The van der Waals surface area contributed by atoms with E-state index in [4.69, 9.17) is 27.9 Å². The fourth-order valence-electron chi connectivity index (χ4n) is 1.27. The highest BCUT2D eigenvalue weighted by molar-refractivity contribution is 6.34. The Balaban J connectivity index is 2.44. The molecule has 2 nitrogen and oxygen atoms in total. The highest BCUT2D eigenvalue weighted by atomic mass is 35.5. The highest BCUT2D eigenvalue weighted by Crippen LogP contribution is 2.27. The van der Waals surface area contributed by atoms with Crippen LogP contribution in [0.2, 0.25) is 10.0 Å². The van der Waals surface area contributed by atoms with Crippen molar-refractivity contribution in [1.82, 2.24) is 5.32 Å². The van der Waals surface area contributed by atoms with Gasteiger partial charge in [-0.25, -0.2) is 0 Å². The summed E-state index contributed by atoms with van der Waals surface area (Å²) in [5.41, 5.74) is 0. The summed E-state index contributed by atoms with van der Waals surface area (Å²) in [7, 11) is 0. The fraction of sp³-hybridized carbons (Fsp3) is 0.500. The molecule has 1 aromatic rings. The van der Waals surface area contributed by atoms with Crippen LogP contribution in [0.4, 0.5) is 0 Å². The van der Waals surface area contributed by atoms with E-state index in [0.717, 1.165) is 13.1 Å². The van der Waals surface area contributed by atoms with Crippen LogP contribution in [0.1, 0.15) is 13.8 Å². The first-order chi connectivity index (χ1) is 7.63. The number of rotatable bonds is 6. The molecule has 1 atom stereocenters. The van der Waals surface area contributed by atoms with Gasteiger partial charge in [-0.15, -0.1) is 0 Å². The normalized spacial score (nSPS) is 12.5. The van der Waals surface area contributed by atoms with Crippen LogP contribution in [0.15, 0.2) is 18.2 Å². The summed E-state index contributed by atoms with van der Waals surface area (Å²) in [4.78, 5) is 0. The molecule has 90 valence electrons. The van der Waals surface area contributed by atoms with Crippen molar-refractivity contribution in [1.29, 1.82) is 0 Å². The summed E-state index contributed by atoms with van der Waals surface area (Å²) in [5.74, 6) is 1.09. The van der Waals surface area contributed by atoms with E-state index in [1.807, 2.05) is 0 Å². The topological polar surface area (TPSA) is 21.3 Å². The van der Waals surface area contributed by atoms with Crippen molar-refractivity contribution in [3.05, 3.63) is 28.2 Å². The molecular formula is C12H17Cl2NO. The minimum atomic E-state index is 0.440. The molecule has 0 amide bonds. The van der Waals surface area contributed by atoms with Gasteiger partial charge in [-0.3, -0.25) is 0 Å². The van der Waals surface area contributed by atoms with Crippen LogP contribution < -0.4 is 10.1 Å². The Bertz CT molecular complexity index is 331. The summed E-state index contributed by atoms with van der Waals surface area (Å²) in [6, 6.07) is 5.23. The molecule has 0 saturated heterocycles. The number of ether oxygens (including phenoxy) is 1. The molecule has 0 saturated carbocycles. The van der Waals surface area contributed by atoms with Gasteiger partial charge in [-0.05, 0) is 18.7 Å². The molecule has 0 bridgehead atoms. The van der Waals surface area contributed by atoms with Gasteiger partial charge in [0.05, 0.1) is 11.6 Å². The summed E-state index contributed by atoms with van der Waals surface area (Å²) in [5, 5.41) is 4.51. The van der Waals surface area contributed by atoms with Crippen molar-refractivity contribution in [2.75, 3.05) is 19.7 Å². The van der Waals surface area contributed by atoms with Gasteiger partial charge >= 0.3 is 0 Å². The Morgan fingerprint density at radius 3 is 2.81 bits per heavy atom. The van der Waals surface area contributed by atoms with E-state index in [0.29, 0.717) is 28.3 Å². The molecule has 0 aliphatic rings. The van der Waals surface area contributed by atoms with E-state index in [1.54, 1.807) is 18.2 Å². The Labute approximate surface area is 107 Å². The summed E-state index contributed by atoms with van der Waals surface area (Å²) < 4.78 is 5.62. The Hall–Kier alpha value is -0.440. The van der Waals surface area contributed by atoms with Gasteiger partial charge in [-0.2, -0.15) is 0 Å². The molecule has 0 aliphatic heterocycles. The molecule has 1 unspecified atom stereocenters. The zero-order valence-electron chi connectivity index (χ0n) is 9.59. The maximum Gasteiger partial charge on any atom is 0.139 e. The van der Waals surface area contributed by atoms with E-state index in [2.05, 4.69) is 19.2 Å². The quantitative estimate of drug-likeness (QED) is 0.845. The molecule has 0 spiro atoms. The van der Waals surface area contributed by atoms with Crippen molar-refractivity contribution < 1.29 is 4.74 Å². The van der Waals surface area contributed by atoms with Crippen molar-refractivity contribution >= 4 is 23.2 Å². The van der Waals surface area contributed by atoms with Crippen molar-refractivity contribution in [2.24, 2.45) is 5.92 Å². The molecule has 0 aromatic heterocycles. The molecule has 4 heteroatoms. The summed E-state index contributed by atoms with van der Waals surface area (Å²) in [6.45, 7) is 6.76. The van der Waals surface area contributed by atoms with Crippen LogP contribution in [-0.4, -0.2) is 19.7 Å². The van der Waals surface area contributed by atoms with Crippen LogP contribution in [0.5, 0.6) is 5.75 Å². The highest BCUT2D eigenvalue weighted by Gasteiger charge is 2.06. The number of nitrogens with one attached hydrogen (secondary N) is 1. The Kier molecular flexibility index (Phi) is 5.96. The van der Waals surface area contributed by atoms with Gasteiger partial charge < -0.3 is 10.1 Å². The molecule has 0 heterocycles. The fourth-order valence-corrected chi connectivity index (χ4v) is 1.60. The van der Waals surface area contributed by atoms with Crippen LogP contribution in [0.25, 0.3) is 0 Å². The molecule has 0 aliphatic carbocycles. The molecule has 1 aromatic carbocycles. The van der Waals surface area contributed by atoms with Gasteiger partial charge in [0.2, 0.25) is 0 Å². The molecule has 16 heavy (non-hydrogen) atoms. The lowest BCUT2D eigenvalue weighted by Gasteiger charge is -2.14. The first kappa shape index (κ1) is 13.6. The maximum atomic E-state index is 5.98. The predicted molar refractivity (Wildman–Crippen MR) is 69.7 cm³/mol. The lowest BCUT2D eigenvalue weighted by Crippen LogP contribution is -2.24. The molecular weight excluding hydrogens is 245 g/mol. The third kappa shape index (κ3) is 4.60. The van der Waals surface area contributed by atoms with Crippen molar-refractivity contribution in [3.8, 4) is 5.75 Å². The Morgan fingerprint density at radius 2 is 2.12 bits per heavy atom. The lowest BCUT2D eigenvalue weighted by molar-refractivity contribution is 0.256. The second kappa shape index (κ2) is 7.00. The van der Waals surface area contributed by atoms with E-state index in [1.165, 1.54) is 0 Å². The van der Waals surface area contributed by atoms with Gasteiger partial charge in [0.15, 0.2) is 0 Å². The average molecular weight is 262 g/mol. The van der Waals surface area contributed by atoms with E-state index >= 15 is 0 Å². The number of benzene rings is 1. The van der Waals surface area contributed by atoms with E-state index in [9.17, 15) is 0 Å². The van der Waals surface area contributed by atoms with Gasteiger partial charge in [-0.1, -0.05) is 37.0 Å². The average Bonchev–Trinajstić information content (AvgIpc) is 2.27. The predicted octanol–water partition coefficient (Wildman–Crippen LogP) is 3.62. The second-order valence-corrected chi connectivity index (χ2v) is 4.64. The smallest absolute Gasteiger partial charge is 0.139 e. The van der Waals surface area contributed by atoms with Crippen LogP contribution in [0, 0.1) is 5.92 Å². The zero-order valence-corrected chi connectivity index (χ0v) is 11.1. The minimum absolute atomic E-state index is 0.440. The van der Waals surface area contributed by atoms with E-state index < -0.39 is 0 Å². The van der Waals surface area contributed by atoms with Gasteiger partial charge in [0.1, 0.15) is 5.75 Å². The minimum Gasteiger partial charge on any atom is -0.492 e. The third-order valence-electron chi connectivity index (χ3n) is 2.16. The molecule has 1 rings (SSSR count). The SMILES string of the molecule is CCNCC(C)COc1cc(Cl)ccc1Cl. The second-order valence-electron chi connectivity index (χ2n) is 3.80. The first-order valence-electron chi connectivity index (χ1n) is 5.42.